The number of hydrogen-bond donors (Lipinski definition) is 0. The number of carbonyl (C=O) groups is 2. The van der Waals surface area contributed by atoms with E-state index in [-0.39, 0.29) is 11.3 Å². The van der Waals surface area contributed by atoms with Gasteiger partial charge in [-0.15, -0.1) is 0 Å². The minimum atomic E-state index is -1.47. The summed E-state index contributed by atoms with van der Waals surface area (Å²) in [6, 6.07) is 13.0. The zero-order valence-corrected chi connectivity index (χ0v) is 12.8. The molecule has 0 aliphatic heterocycles. The minimum Gasteiger partial charge on any atom is -0.454 e. The summed E-state index contributed by atoms with van der Waals surface area (Å²) >= 11 is 0. The summed E-state index contributed by atoms with van der Waals surface area (Å²) in [5.41, 5.74) is 0.335. The number of rotatable bonds is 8. The first-order chi connectivity index (χ1) is 12.0. The number of benzene rings is 2. The Morgan fingerprint density at radius 1 is 1.08 bits per heavy atom. The lowest BCUT2D eigenvalue weighted by molar-refractivity contribution is -0.384. The number of nitro benzene ring substituents is 1. The molecule has 2 aromatic carbocycles. The molecule has 0 aliphatic rings. The second-order valence-electron chi connectivity index (χ2n) is 4.83. The maximum Gasteiger partial charge on any atom is 0.418 e. The van der Waals surface area contributed by atoms with E-state index in [0.29, 0.717) is 5.56 Å². The summed E-state index contributed by atoms with van der Waals surface area (Å²) in [6.45, 7) is 0.601. The van der Waals surface area contributed by atoms with E-state index < -0.39 is 29.4 Å². The lowest BCUT2D eigenvalue weighted by Crippen LogP contribution is -2.22. The van der Waals surface area contributed by atoms with Crippen LogP contribution >= 0.6 is 0 Å². The molecule has 0 amide bonds. The Bertz CT molecular complexity index is 771. The Labute approximate surface area is 142 Å². The van der Waals surface area contributed by atoms with Crippen molar-refractivity contribution in [2.24, 2.45) is 0 Å². The molecule has 2 rings (SSSR count). The molecule has 0 saturated heterocycles. The molecule has 0 aromatic heterocycles. The van der Waals surface area contributed by atoms with Crippen LogP contribution in [-0.2, 0) is 19.1 Å². The van der Waals surface area contributed by atoms with Gasteiger partial charge in [-0.2, -0.15) is 0 Å². The predicted octanol–water partition coefficient (Wildman–Crippen LogP) is 2.15. The van der Waals surface area contributed by atoms with Gasteiger partial charge >= 0.3 is 12.4 Å². The van der Waals surface area contributed by atoms with Crippen LogP contribution in [-0.4, -0.2) is 29.8 Å². The minimum absolute atomic E-state index is 0.158. The number of ether oxygens (including phenoxy) is 2. The molecular weight excluding hydrogens is 330 g/mol. The third kappa shape index (κ3) is 4.71. The third-order valence-corrected chi connectivity index (χ3v) is 3.23. The predicted molar refractivity (Wildman–Crippen MR) is 84.3 cm³/mol. The molecular formula is C17H12NO7. The van der Waals surface area contributed by atoms with Crippen molar-refractivity contribution in [1.82, 2.24) is 0 Å². The first-order valence-electron chi connectivity index (χ1n) is 7.05. The highest BCUT2D eigenvalue weighted by Crippen LogP contribution is 2.21. The molecule has 1 unspecified atom stereocenters. The zero-order valence-electron chi connectivity index (χ0n) is 12.8. The molecule has 8 nitrogen and oxygen atoms in total. The summed E-state index contributed by atoms with van der Waals surface area (Å²) in [5, 5.41) is 10.6. The van der Waals surface area contributed by atoms with Crippen molar-refractivity contribution in [2.45, 2.75) is 6.10 Å². The molecule has 0 spiro atoms. The van der Waals surface area contributed by atoms with Crippen molar-refractivity contribution in [3.05, 3.63) is 75.8 Å². The standard InChI is InChI=1S/C17H12NO7/c19-11-25-16(13-6-8-14(9-7-13)18(22)23)17(21)24-10-15(20)12-4-2-1-3-5-12/h1-9,16H,10H2. The Morgan fingerprint density at radius 2 is 1.72 bits per heavy atom. The van der Waals surface area contributed by atoms with Crippen molar-refractivity contribution in [2.75, 3.05) is 6.61 Å². The van der Waals surface area contributed by atoms with E-state index in [4.69, 9.17) is 4.74 Å². The summed E-state index contributed by atoms with van der Waals surface area (Å²) in [6.07, 6.45) is -1.47. The average Bonchev–Trinajstić information content (AvgIpc) is 2.64. The van der Waals surface area contributed by atoms with Crippen LogP contribution in [0.3, 0.4) is 0 Å². The Balaban J connectivity index is 2.06. The molecule has 8 heteroatoms. The maximum absolute atomic E-state index is 12.1. The number of Topliss-reactive ketones (excluding diaryl/α,β-unsaturated/α-hetero) is 1. The summed E-state index contributed by atoms with van der Waals surface area (Å²) in [4.78, 5) is 44.5. The summed E-state index contributed by atoms with van der Waals surface area (Å²) in [5.74, 6) is -1.41. The Morgan fingerprint density at radius 3 is 2.28 bits per heavy atom. The topological polar surface area (TPSA) is 113 Å². The van der Waals surface area contributed by atoms with Crippen LogP contribution in [0.15, 0.2) is 54.6 Å². The molecule has 127 valence electrons. The van der Waals surface area contributed by atoms with Gasteiger partial charge in [0.15, 0.2) is 12.4 Å². The van der Waals surface area contributed by atoms with Crippen LogP contribution in [0.1, 0.15) is 22.0 Å². The number of hydrogen-bond acceptors (Lipinski definition) is 7. The average molecular weight is 342 g/mol. The smallest absolute Gasteiger partial charge is 0.418 e. The Kier molecular flexibility index (Phi) is 5.94. The number of ketones is 1. The first-order valence-corrected chi connectivity index (χ1v) is 7.05. The molecule has 25 heavy (non-hydrogen) atoms. The van der Waals surface area contributed by atoms with Crippen molar-refractivity contribution in [3.8, 4) is 0 Å². The molecule has 0 saturated carbocycles. The second-order valence-corrected chi connectivity index (χ2v) is 4.83. The highest BCUT2D eigenvalue weighted by molar-refractivity contribution is 5.98. The zero-order chi connectivity index (χ0) is 18.2. The summed E-state index contributed by atoms with van der Waals surface area (Å²) in [7, 11) is 0. The van der Waals surface area contributed by atoms with Crippen LogP contribution in [0, 0.1) is 10.1 Å². The van der Waals surface area contributed by atoms with Crippen molar-refractivity contribution in [3.63, 3.8) is 0 Å². The molecule has 0 heterocycles. The number of nitro groups is 1. The fraction of sp³-hybridized carbons (Fsp3) is 0.118. The second kappa shape index (κ2) is 8.34. The lowest BCUT2D eigenvalue weighted by Gasteiger charge is -2.13. The van der Waals surface area contributed by atoms with E-state index in [1.54, 1.807) is 30.3 Å². The van der Waals surface area contributed by atoms with Crippen molar-refractivity contribution >= 4 is 23.9 Å². The molecule has 0 aliphatic carbocycles. The van der Waals surface area contributed by atoms with E-state index in [1.165, 1.54) is 12.1 Å². The van der Waals surface area contributed by atoms with E-state index in [9.17, 15) is 24.5 Å². The summed E-state index contributed by atoms with van der Waals surface area (Å²) < 4.78 is 9.45. The molecule has 0 fully saturated rings. The van der Waals surface area contributed by atoms with E-state index in [2.05, 4.69) is 4.74 Å². The molecule has 1 radical (unpaired) electrons. The third-order valence-electron chi connectivity index (χ3n) is 3.23. The largest absolute Gasteiger partial charge is 0.454 e. The van der Waals surface area contributed by atoms with Crippen molar-refractivity contribution < 1.29 is 28.8 Å². The van der Waals surface area contributed by atoms with Crippen molar-refractivity contribution in [1.29, 1.82) is 0 Å². The van der Waals surface area contributed by atoms with E-state index >= 15 is 0 Å². The monoisotopic (exact) mass is 342 g/mol. The van der Waals surface area contributed by atoms with Gasteiger partial charge < -0.3 is 9.47 Å². The van der Waals surface area contributed by atoms with Gasteiger partial charge in [-0.3, -0.25) is 14.9 Å². The van der Waals surface area contributed by atoms with Gasteiger partial charge in [0.2, 0.25) is 6.10 Å². The van der Waals surface area contributed by atoms with Gasteiger partial charge in [-0.1, -0.05) is 30.3 Å². The van der Waals surface area contributed by atoms with Gasteiger partial charge in [0.05, 0.1) is 4.92 Å². The van der Waals surface area contributed by atoms with Crippen LogP contribution in [0.25, 0.3) is 0 Å². The molecule has 2 aromatic rings. The van der Waals surface area contributed by atoms with Crippen LogP contribution in [0.4, 0.5) is 5.69 Å². The lowest BCUT2D eigenvalue weighted by atomic mass is 10.1. The van der Waals surface area contributed by atoms with Crippen LogP contribution < -0.4 is 0 Å². The van der Waals surface area contributed by atoms with Gasteiger partial charge in [0.1, 0.15) is 0 Å². The van der Waals surface area contributed by atoms with E-state index in [0.717, 1.165) is 18.6 Å². The molecule has 0 N–H and O–H groups in total. The number of nitrogens with zero attached hydrogens (tertiary/aromatic N) is 1. The fourth-order valence-corrected chi connectivity index (χ4v) is 1.99. The van der Waals surface area contributed by atoms with Gasteiger partial charge in [-0.25, -0.2) is 9.59 Å². The highest BCUT2D eigenvalue weighted by atomic mass is 16.6. The maximum atomic E-state index is 12.1. The number of esters is 1. The van der Waals surface area contributed by atoms with Gasteiger partial charge in [0.25, 0.3) is 5.69 Å². The molecule has 0 bridgehead atoms. The first kappa shape index (κ1) is 17.8. The highest BCUT2D eigenvalue weighted by Gasteiger charge is 2.25. The SMILES string of the molecule is O=[C]OC(C(=O)OCC(=O)c1ccccc1)c1ccc([N+](=O)[O-])cc1. The number of carbonyl (C=O) groups excluding carboxylic acids is 3. The normalized spacial score (nSPS) is 11.2. The fourth-order valence-electron chi connectivity index (χ4n) is 1.99. The van der Waals surface area contributed by atoms with Gasteiger partial charge in [0, 0.05) is 23.3 Å². The van der Waals surface area contributed by atoms with Crippen LogP contribution in [0.2, 0.25) is 0 Å². The Hall–Kier alpha value is -3.55. The molecule has 1 atom stereocenters. The van der Waals surface area contributed by atoms with Crippen LogP contribution in [0.5, 0.6) is 0 Å². The van der Waals surface area contributed by atoms with Gasteiger partial charge in [-0.05, 0) is 12.1 Å². The number of non-ortho nitro benzene ring substituents is 1. The quantitative estimate of drug-likeness (QED) is 0.312. The van der Waals surface area contributed by atoms with E-state index in [1.807, 2.05) is 0 Å².